The van der Waals surface area contributed by atoms with Crippen LogP contribution in [-0.4, -0.2) is 19.7 Å². The highest BCUT2D eigenvalue weighted by molar-refractivity contribution is 5.20. The van der Waals surface area contributed by atoms with E-state index in [4.69, 9.17) is 4.74 Å². The van der Waals surface area contributed by atoms with Crippen molar-refractivity contribution < 1.29 is 4.74 Å². The summed E-state index contributed by atoms with van der Waals surface area (Å²) in [6, 6.07) is 10.0. The van der Waals surface area contributed by atoms with Gasteiger partial charge < -0.3 is 10.1 Å². The monoisotopic (exact) mass is 259 g/mol. The minimum Gasteiger partial charge on any atom is -0.494 e. The average Bonchev–Trinajstić information content (AvgIpc) is 2.48. The van der Waals surface area contributed by atoms with Crippen molar-refractivity contribution >= 4 is 0 Å². The van der Waals surface area contributed by atoms with Crippen LogP contribution in [0.4, 0.5) is 0 Å². The first-order valence-electron chi connectivity index (χ1n) is 7.51. The molecule has 0 radical (unpaired) electrons. The van der Waals surface area contributed by atoms with Crippen LogP contribution in [0.15, 0.2) is 42.0 Å². The second-order valence-corrected chi connectivity index (χ2v) is 5.12. The van der Waals surface area contributed by atoms with E-state index >= 15 is 0 Å². The third kappa shape index (κ3) is 5.93. The summed E-state index contributed by atoms with van der Waals surface area (Å²) in [6.45, 7) is 2.94. The van der Waals surface area contributed by atoms with E-state index in [2.05, 4.69) is 11.4 Å². The summed E-state index contributed by atoms with van der Waals surface area (Å²) in [6.07, 6.45) is 10.1. The Morgan fingerprint density at radius 2 is 1.95 bits per heavy atom. The van der Waals surface area contributed by atoms with Gasteiger partial charge in [-0.2, -0.15) is 0 Å². The molecule has 0 aliphatic heterocycles. The Morgan fingerprint density at radius 3 is 2.74 bits per heavy atom. The molecule has 0 saturated heterocycles. The van der Waals surface area contributed by atoms with Gasteiger partial charge >= 0.3 is 0 Å². The molecular weight excluding hydrogens is 234 g/mol. The largest absolute Gasteiger partial charge is 0.494 e. The first-order chi connectivity index (χ1) is 9.45. The Morgan fingerprint density at radius 1 is 1.05 bits per heavy atom. The van der Waals surface area contributed by atoms with Crippen LogP contribution in [0.1, 0.15) is 38.5 Å². The molecule has 104 valence electrons. The SMILES string of the molecule is C1=C(CCNCCCOc2ccccc2)CCCC1. The van der Waals surface area contributed by atoms with Crippen molar-refractivity contribution in [3.63, 3.8) is 0 Å². The Hall–Kier alpha value is -1.28. The lowest BCUT2D eigenvalue weighted by molar-refractivity contribution is 0.308. The Bertz CT molecular complexity index is 372. The van der Waals surface area contributed by atoms with Gasteiger partial charge in [-0.05, 0) is 63.7 Å². The zero-order chi connectivity index (χ0) is 13.2. The molecule has 1 N–H and O–H groups in total. The van der Waals surface area contributed by atoms with Gasteiger partial charge in [0.15, 0.2) is 0 Å². The highest BCUT2D eigenvalue weighted by atomic mass is 16.5. The molecule has 0 unspecified atom stereocenters. The second kappa shape index (κ2) is 8.76. The number of ether oxygens (including phenoxy) is 1. The van der Waals surface area contributed by atoms with Crippen molar-refractivity contribution in [3.8, 4) is 5.75 Å². The number of hydrogen-bond acceptors (Lipinski definition) is 2. The third-order valence-corrected chi connectivity index (χ3v) is 3.52. The summed E-state index contributed by atoms with van der Waals surface area (Å²) in [7, 11) is 0. The summed E-state index contributed by atoms with van der Waals surface area (Å²) >= 11 is 0. The third-order valence-electron chi connectivity index (χ3n) is 3.52. The number of nitrogens with one attached hydrogen (secondary N) is 1. The van der Waals surface area contributed by atoms with Gasteiger partial charge in [0.25, 0.3) is 0 Å². The zero-order valence-electron chi connectivity index (χ0n) is 11.7. The van der Waals surface area contributed by atoms with Crippen molar-refractivity contribution in [3.05, 3.63) is 42.0 Å². The molecule has 0 atom stereocenters. The van der Waals surface area contributed by atoms with E-state index in [0.717, 1.165) is 31.9 Å². The predicted molar refractivity (Wildman–Crippen MR) is 80.6 cm³/mol. The molecule has 0 spiro atoms. The minimum atomic E-state index is 0.791. The van der Waals surface area contributed by atoms with E-state index in [1.54, 1.807) is 5.57 Å². The van der Waals surface area contributed by atoms with Crippen LogP contribution >= 0.6 is 0 Å². The molecule has 2 nitrogen and oxygen atoms in total. The van der Waals surface area contributed by atoms with Crippen molar-refractivity contribution in [2.45, 2.75) is 38.5 Å². The summed E-state index contributed by atoms with van der Waals surface area (Å²) in [5, 5.41) is 3.50. The fourth-order valence-corrected chi connectivity index (χ4v) is 2.41. The Balaban J connectivity index is 1.45. The first kappa shape index (κ1) is 14.1. The van der Waals surface area contributed by atoms with Crippen molar-refractivity contribution in [1.29, 1.82) is 0 Å². The predicted octanol–water partition coefficient (Wildman–Crippen LogP) is 3.94. The minimum absolute atomic E-state index is 0.791. The summed E-state index contributed by atoms with van der Waals surface area (Å²) in [5.74, 6) is 0.967. The number of para-hydroxylation sites is 1. The van der Waals surface area contributed by atoms with Gasteiger partial charge in [-0.25, -0.2) is 0 Å². The molecule has 0 heterocycles. The molecule has 0 fully saturated rings. The van der Waals surface area contributed by atoms with Crippen LogP contribution in [-0.2, 0) is 0 Å². The van der Waals surface area contributed by atoms with Crippen LogP contribution < -0.4 is 10.1 Å². The molecule has 2 heteroatoms. The molecule has 1 aliphatic rings. The molecule has 0 aromatic heterocycles. The molecular formula is C17H25NO. The lowest BCUT2D eigenvalue weighted by Crippen LogP contribution is -2.19. The van der Waals surface area contributed by atoms with Gasteiger partial charge in [0.05, 0.1) is 6.61 Å². The van der Waals surface area contributed by atoms with Gasteiger partial charge in [-0.1, -0.05) is 29.8 Å². The van der Waals surface area contributed by atoms with Crippen LogP contribution in [0, 0.1) is 0 Å². The summed E-state index contributed by atoms with van der Waals surface area (Å²) in [4.78, 5) is 0. The molecule has 19 heavy (non-hydrogen) atoms. The maximum absolute atomic E-state index is 5.65. The molecule has 1 aromatic carbocycles. The molecule has 0 bridgehead atoms. The lowest BCUT2D eigenvalue weighted by Gasteiger charge is -2.13. The highest BCUT2D eigenvalue weighted by Gasteiger charge is 2.02. The van der Waals surface area contributed by atoms with Crippen LogP contribution in [0.2, 0.25) is 0 Å². The number of rotatable bonds is 8. The smallest absolute Gasteiger partial charge is 0.119 e. The van der Waals surface area contributed by atoms with Gasteiger partial charge in [-0.3, -0.25) is 0 Å². The lowest BCUT2D eigenvalue weighted by atomic mass is 9.97. The van der Waals surface area contributed by atoms with E-state index in [0.29, 0.717) is 0 Å². The second-order valence-electron chi connectivity index (χ2n) is 5.12. The number of benzene rings is 1. The van der Waals surface area contributed by atoms with E-state index in [-0.39, 0.29) is 0 Å². The average molecular weight is 259 g/mol. The van der Waals surface area contributed by atoms with E-state index in [9.17, 15) is 0 Å². The highest BCUT2D eigenvalue weighted by Crippen LogP contribution is 2.19. The Labute approximate surface area is 116 Å². The van der Waals surface area contributed by atoms with Crippen molar-refractivity contribution in [2.24, 2.45) is 0 Å². The molecule has 2 rings (SSSR count). The summed E-state index contributed by atoms with van der Waals surface area (Å²) in [5.41, 5.74) is 1.65. The van der Waals surface area contributed by atoms with Gasteiger partial charge in [0.1, 0.15) is 5.75 Å². The standard InChI is InChI=1S/C17H25NO/c1-3-8-16(9-4-1)12-14-18-13-7-15-19-17-10-5-2-6-11-17/h2,5-6,8,10-11,18H,1,3-4,7,9,12-15H2. The Kier molecular flexibility index (Phi) is 6.52. The van der Waals surface area contributed by atoms with Gasteiger partial charge in [0, 0.05) is 0 Å². The van der Waals surface area contributed by atoms with Crippen molar-refractivity contribution in [1.82, 2.24) is 5.32 Å². The van der Waals surface area contributed by atoms with Gasteiger partial charge in [-0.15, -0.1) is 0 Å². The number of hydrogen-bond donors (Lipinski definition) is 1. The maximum atomic E-state index is 5.65. The van der Waals surface area contributed by atoms with E-state index in [1.807, 2.05) is 30.3 Å². The molecule has 1 aliphatic carbocycles. The normalized spacial score (nSPS) is 15.1. The molecule has 0 amide bonds. The molecule has 1 aromatic rings. The van der Waals surface area contributed by atoms with Crippen LogP contribution in [0.3, 0.4) is 0 Å². The van der Waals surface area contributed by atoms with Gasteiger partial charge in [0.2, 0.25) is 0 Å². The summed E-state index contributed by atoms with van der Waals surface area (Å²) < 4.78 is 5.65. The topological polar surface area (TPSA) is 21.3 Å². The van der Waals surface area contributed by atoms with Crippen LogP contribution in [0.25, 0.3) is 0 Å². The van der Waals surface area contributed by atoms with Crippen molar-refractivity contribution in [2.75, 3.05) is 19.7 Å². The van der Waals surface area contributed by atoms with Crippen LogP contribution in [0.5, 0.6) is 5.75 Å². The zero-order valence-corrected chi connectivity index (χ0v) is 11.7. The maximum Gasteiger partial charge on any atom is 0.119 e. The fraction of sp³-hybridized carbons (Fsp3) is 0.529. The quantitative estimate of drug-likeness (QED) is 0.564. The van der Waals surface area contributed by atoms with E-state index in [1.165, 1.54) is 32.1 Å². The first-order valence-corrected chi connectivity index (χ1v) is 7.51. The molecule has 0 saturated carbocycles. The fourth-order valence-electron chi connectivity index (χ4n) is 2.41. The number of allylic oxidation sites excluding steroid dienone is 1. The van der Waals surface area contributed by atoms with E-state index < -0.39 is 0 Å².